The fraction of sp³-hybridized carbons (Fsp3) is 0.385. The van der Waals surface area contributed by atoms with Crippen molar-refractivity contribution in [2.45, 2.75) is 33.2 Å². The van der Waals surface area contributed by atoms with Gasteiger partial charge in [-0.15, -0.1) is 0 Å². The Morgan fingerprint density at radius 2 is 1.75 bits per heavy atom. The van der Waals surface area contributed by atoms with E-state index in [9.17, 15) is 14.7 Å². The van der Waals surface area contributed by atoms with Gasteiger partial charge < -0.3 is 19.6 Å². The maximum Gasteiger partial charge on any atom is 0.295 e. The second kappa shape index (κ2) is 10.0. The number of hydrogen-bond acceptors (Lipinski definition) is 5. The van der Waals surface area contributed by atoms with E-state index in [0.717, 1.165) is 35.4 Å². The number of ketones is 1. The summed E-state index contributed by atoms with van der Waals surface area (Å²) in [5, 5.41) is 11.2. The number of hydrogen-bond donors (Lipinski definition) is 1. The minimum Gasteiger partial charge on any atom is -0.507 e. The van der Waals surface area contributed by atoms with Gasteiger partial charge in [-0.05, 0) is 82.7 Å². The van der Waals surface area contributed by atoms with E-state index in [1.54, 1.807) is 11.0 Å². The Kier molecular flexibility index (Phi) is 7.36. The fourth-order valence-corrected chi connectivity index (χ4v) is 3.97. The van der Waals surface area contributed by atoms with Gasteiger partial charge in [0.1, 0.15) is 11.5 Å². The Labute approximate surface area is 190 Å². The molecular formula is C26H32N2O4. The Morgan fingerprint density at radius 3 is 2.34 bits per heavy atom. The first-order valence-electron chi connectivity index (χ1n) is 11.0. The van der Waals surface area contributed by atoms with Gasteiger partial charge in [-0.3, -0.25) is 9.59 Å². The number of aryl methyl sites for hydroxylation is 2. The van der Waals surface area contributed by atoms with Crippen LogP contribution < -0.4 is 4.74 Å². The molecule has 1 amide bonds. The third kappa shape index (κ3) is 4.86. The molecule has 2 aromatic carbocycles. The van der Waals surface area contributed by atoms with Gasteiger partial charge in [-0.2, -0.15) is 0 Å². The van der Waals surface area contributed by atoms with E-state index in [0.29, 0.717) is 18.7 Å². The number of amides is 1. The van der Waals surface area contributed by atoms with Gasteiger partial charge >= 0.3 is 0 Å². The summed E-state index contributed by atoms with van der Waals surface area (Å²) in [6.07, 6.45) is 0.719. The molecule has 0 spiro atoms. The second-order valence-electron chi connectivity index (χ2n) is 8.45. The molecule has 0 aliphatic carbocycles. The number of likely N-dealkylation sites (tertiary alicyclic amines) is 1. The van der Waals surface area contributed by atoms with E-state index >= 15 is 0 Å². The first kappa shape index (κ1) is 23.5. The highest BCUT2D eigenvalue weighted by Gasteiger charge is 2.45. The summed E-state index contributed by atoms with van der Waals surface area (Å²) in [6, 6.07) is 12.3. The Hall–Kier alpha value is -3.12. The van der Waals surface area contributed by atoms with Gasteiger partial charge in [0.25, 0.3) is 11.7 Å². The van der Waals surface area contributed by atoms with Crippen LogP contribution in [0.25, 0.3) is 5.76 Å². The van der Waals surface area contributed by atoms with E-state index < -0.39 is 17.7 Å². The average molecular weight is 437 g/mol. The zero-order valence-corrected chi connectivity index (χ0v) is 19.5. The van der Waals surface area contributed by atoms with Crippen molar-refractivity contribution < 1.29 is 19.4 Å². The molecule has 0 bridgehead atoms. The summed E-state index contributed by atoms with van der Waals surface area (Å²) in [6.45, 7) is 7.62. The van der Waals surface area contributed by atoms with Crippen LogP contribution in [0.15, 0.2) is 48.0 Å². The first-order chi connectivity index (χ1) is 15.2. The zero-order chi connectivity index (χ0) is 23.4. The predicted molar refractivity (Wildman–Crippen MR) is 126 cm³/mol. The normalized spacial score (nSPS) is 17.9. The molecule has 2 aromatic rings. The second-order valence-corrected chi connectivity index (χ2v) is 8.45. The molecule has 1 unspecified atom stereocenters. The number of aliphatic hydroxyl groups excluding tert-OH is 1. The minimum atomic E-state index is -0.649. The molecule has 1 aliphatic rings. The van der Waals surface area contributed by atoms with E-state index in [2.05, 4.69) is 0 Å². The first-order valence-corrected chi connectivity index (χ1v) is 11.0. The summed E-state index contributed by atoms with van der Waals surface area (Å²) in [5.41, 5.74) is 3.53. The number of aliphatic hydroxyl groups is 1. The van der Waals surface area contributed by atoms with Gasteiger partial charge in [0, 0.05) is 12.1 Å². The molecule has 1 heterocycles. The van der Waals surface area contributed by atoms with Gasteiger partial charge in [0.15, 0.2) is 0 Å². The van der Waals surface area contributed by atoms with Gasteiger partial charge in [0.2, 0.25) is 0 Å². The van der Waals surface area contributed by atoms with Crippen molar-refractivity contribution in [3.8, 4) is 5.75 Å². The van der Waals surface area contributed by atoms with Crippen molar-refractivity contribution in [3.63, 3.8) is 0 Å². The van der Waals surface area contributed by atoms with Crippen LogP contribution in [0.5, 0.6) is 5.75 Å². The summed E-state index contributed by atoms with van der Waals surface area (Å²) in [7, 11) is 3.94. The zero-order valence-electron chi connectivity index (χ0n) is 19.5. The SMILES string of the molecule is CCOc1ccc(C2/C(=C(/O)c3ccc(C)c(C)c3)C(=O)C(=O)N2CCCN(C)C)cc1. The van der Waals surface area contributed by atoms with Crippen LogP contribution in [0.4, 0.5) is 0 Å². The van der Waals surface area contributed by atoms with E-state index in [1.165, 1.54) is 0 Å². The topological polar surface area (TPSA) is 70.1 Å². The monoisotopic (exact) mass is 436 g/mol. The van der Waals surface area contributed by atoms with Gasteiger partial charge in [-0.25, -0.2) is 0 Å². The molecular weight excluding hydrogens is 404 g/mol. The molecule has 3 rings (SSSR count). The third-order valence-electron chi connectivity index (χ3n) is 5.83. The standard InChI is InChI=1S/C26H32N2O4/c1-6-32-21-12-10-19(11-13-21)23-22(24(29)20-9-8-17(2)18(3)16-20)25(30)26(31)28(23)15-7-14-27(4)5/h8-13,16,23,29H,6-7,14-15H2,1-5H3/b24-22-. The number of carbonyl (C=O) groups is 2. The molecule has 0 saturated carbocycles. The van der Waals surface area contributed by atoms with Crippen molar-refractivity contribution in [3.05, 3.63) is 70.3 Å². The van der Waals surface area contributed by atoms with Crippen LogP contribution in [0, 0.1) is 13.8 Å². The van der Waals surface area contributed by atoms with Crippen molar-refractivity contribution in [2.24, 2.45) is 0 Å². The quantitative estimate of drug-likeness (QED) is 0.384. The summed E-state index contributed by atoms with van der Waals surface area (Å²) >= 11 is 0. The lowest BCUT2D eigenvalue weighted by Gasteiger charge is -2.26. The number of carbonyl (C=O) groups excluding carboxylic acids is 2. The lowest BCUT2D eigenvalue weighted by molar-refractivity contribution is -0.139. The number of Topliss-reactive ketones (excluding diaryl/α,β-unsaturated/α-hetero) is 1. The number of nitrogens with zero attached hydrogens (tertiary/aromatic N) is 2. The van der Waals surface area contributed by atoms with Crippen LogP contribution in [-0.2, 0) is 9.59 Å². The lowest BCUT2D eigenvalue weighted by atomic mass is 9.94. The van der Waals surface area contributed by atoms with E-state index in [4.69, 9.17) is 4.74 Å². The van der Waals surface area contributed by atoms with Gasteiger partial charge in [-0.1, -0.05) is 24.3 Å². The molecule has 1 atom stereocenters. The molecule has 6 nitrogen and oxygen atoms in total. The average Bonchev–Trinajstić information content (AvgIpc) is 3.01. The highest BCUT2D eigenvalue weighted by Crippen LogP contribution is 2.40. The van der Waals surface area contributed by atoms with Crippen LogP contribution in [0.2, 0.25) is 0 Å². The molecule has 32 heavy (non-hydrogen) atoms. The van der Waals surface area contributed by atoms with Crippen LogP contribution in [0.3, 0.4) is 0 Å². The predicted octanol–water partition coefficient (Wildman–Crippen LogP) is 4.08. The largest absolute Gasteiger partial charge is 0.507 e. The Morgan fingerprint density at radius 1 is 1.06 bits per heavy atom. The summed E-state index contributed by atoms with van der Waals surface area (Å²) in [4.78, 5) is 29.7. The van der Waals surface area contributed by atoms with Crippen molar-refractivity contribution in [2.75, 3.05) is 33.8 Å². The molecule has 6 heteroatoms. The van der Waals surface area contributed by atoms with Gasteiger partial charge in [0.05, 0.1) is 18.2 Å². The summed E-state index contributed by atoms with van der Waals surface area (Å²) in [5.74, 6) is -0.645. The molecule has 170 valence electrons. The lowest BCUT2D eigenvalue weighted by Crippen LogP contribution is -2.32. The Bertz CT molecular complexity index is 1020. The molecule has 1 saturated heterocycles. The number of rotatable bonds is 8. The fourth-order valence-electron chi connectivity index (χ4n) is 3.97. The van der Waals surface area contributed by atoms with E-state index in [1.807, 2.05) is 76.2 Å². The van der Waals surface area contributed by atoms with Crippen LogP contribution >= 0.6 is 0 Å². The highest BCUT2D eigenvalue weighted by atomic mass is 16.5. The van der Waals surface area contributed by atoms with E-state index in [-0.39, 0.29) is 11.3 Å². The van der Waals surface area contributed by atoms with Crippen LogP contribution in [0.1, 0.15) is 41.6 Å². The van der Waals surface area contributed by atoms with Crippen molar-refractivity contribution in [1.82, 2.24) is 9.80 Å². The molecule has 1 aliphatic heterocycles. The number of benzene rings is 2. The number of ether oxygens (including phenoxy) is 1. The smallest absolute Gasteiger partial charge is 0.295 e. The Balaban J connectivity index is 2.08. The minimum absolute atomic E-state index is 0.132. The van der Waals surface area contributed by atoms with Crippen molar-refractivity contribution in [1.29, 1.82) is 0 Å². The van der Waals surface area contributed by atoms with Crippen LogP contribution in [-0.4, -0.2) is 60.4 Å². The molecule has 0 aromatic heterocycles. The maximum absolute atomic E-state index is 13.1. The molecule has 1 fully saturated rings. The highest BCUT2D eigenvalue weighted by molar-refractivity contribution is 6.46. The molecule has 0 radical (unpaired) electrons. The molecule has 1 N–H and O–H groups in total. The summed E-state index contributed by atoms with van der Waals surface area (Å²) < 4.78 is 5.54. The maximum atomic E-state index is 13.1. The third-order valence-corrected chi connectivity index (χ3v) is 5.83. The van der Waals surface area contributed by atoms with Crippen molar-refractivity contribution >= 4 is 17.4 Å².